The van der Waals surface area contributed by atoms with E-state index in [0.717, 1.165) is 18.4 Å². The van der Waals surface area contributed by atoms with Crippen LogP contribution >= 0.6 is 0 Å². The van der Waals surface area contributed by atoms with Crippen molar-refractivity contribution in [3.05, 3.63) is 0 Å². The van der Waals surface area contributed by atoms with Gasteiger partial charge in [0.25, 0.3) is 0 Å². The van der Waals surface area contributed by atoms with Crippen LogP contribution in [0.4, 0.5) is 0 Å². The molecule has 2 aliphatic heterocycles. The van der Waals surface area contributed by atoms with Gasteiger partial charge in [-0.3, -0.25) is 4.79 Å². The van der Waals surface area contributed by atoms with E-state index in [1.54, 1.807) is 6.92 Å². The summed E-state index contributed by atoms with van der Waals surface area (Å²) in [5.41, 5.74) is 0. The molecular weight excluding hydrogens is 150 g/mol. The van der Waals surface area contributed by atoms with Crippen LogP contribution in [-0.4, -0.2) is 23.4 Å². The SMILES string of the molecule is CC(=O)N1C[C@H]2CC[C@@H]1CC2C. The van der Waals surface area contributed by atoms with Gasteiger partial charge >= 0.3 is 0 Å². The fraction of sp³-hybridized carbons (Fsp3) is 0.900. The van der Waals surface area contributed by atoms with E-state index in [4.69, 9.17) is 0 Å². The van der Waals surface area contributed by atoms with Crippen molar-refractivity contribution in [3.63, 3.8) is 0 Å². The molecule has 0 spiro atoms. The summed E-state index contributed by atoms with van der Waals surface area (Å²) in [6.45, 7) is 5.06. The maximum absolute atomic E-state index is 11.2. The summed E-state index contributed by atoms with van der Waals surface area (Å²) < 4.78 is 0. The van der Waals surface area contributed by atoms with Gasteiger partial charge in [0.05, 0.1) is 0 Å². The maximum atomic E-state index is 11.2. The lowest BCUT2D eigenvalue weighted by Gasteiger charge is -2.48. The van der Waals surface area contributed by atoms with Crippen molar-refractivity contribution < 1.29 is 4.79 Å². The zero-order chi connectivity index (χ0) is 8.72. The largest absolute Gasteiger partial charge is 0.340 e. The molecule has 3 aliphatic rings. The van der Waals surface area contributed by atoms with Crippen molar-refractivity contribution in [1.29, 1.82) is 0 Å². The minimum atomic E-state index is 0.275. The van der Waals surface area contributed by atoms with Gasteiger partial charge in [0.2, 0.25) is 5.91 Å². The highest BCUT2D eigenvalue weighted by Gasteiger charge is 2.38. The smallest absolute Gasteiger partial charge is 0.219 e. The number of piperidine rings is 2. The Hall–Kier alpha value is -0.530. The Bertz CT molecular complexity index is 202. The van der Waals surface area contributed by atoms with Crippen LogP contribution in [0.15, 0.2) is 0 Å². The third-order valence-corrected chi connectivity index (χ3v) is 3.60. The van der Waals surface area contributed by atoms with Crippen molar-refractivity contribution in [3.8, 4) is 0 Å². The number of carbonyl (C=O) groups is 1. The summed E-state index contributed by atoms with van der Waals surface area (Å²) in [6, 6.07) is 0.572. The molecule has 1 unspecified atom stereocenters. The maximum Gasteiger partial charge on any atom is 0.219 e. The first-order chi connectivity index (χ1) is 5.68. The molecule has 12 heavy (non-hydrogen) atoms. The summed E-state index contributed by atoms with van der Waals surface area (Å²) >= 11 is 0. The molecule has 1 aliphatic carbocycles. The molecule has 3 rings (SSSR count). The number of nitrogens with zero attached hydrogens (tertiary/aromatic N) is 1. The molecule has 2 bridgehead atoms. The predicted octanol–water partition coefficient (Wildman–Crippen LogP) is 1.65. The average molecular weight is 167 g/mol. The Labute approximate surface area is 73.9 Å². The topological polar surface area (TPSA) is 20.3 Å². The van der Waals surface area contributed by atoms with Gasteiger partial charge in [0, 0.05) is 19.5 Å². The second kappa shape index (κ2) is 2.75. The van der Waals surface area contributed by atoms with Crippen LogP contribution in [0.3, 0.4) is 0 Å². The number of hydrogen-bond acceptors (Lipinski definition) is 1. The van der Waals surface area contributed by atoms with Crippen molar-refractivity contribution in [2.75, 3.05) is 6.54 Å². The minimum absolute atomic E-state index is 0.275. The Kier molecular flexibility index (Phi) is 1.85. The van der Waals surface area contributed by atoms with Crippen molar-refractivity contribution in [2.45, 2.75) is 39.2 Å². The molecule has 2 heterocycles. The molecule has 0 aromatic rings. The van der Waals surface area contributed by atoms with Gasteiger partial charge in [-0.15, -0.1) is 0 Å². The normalized spacial score (nSPS) is 40.2. The monoisotopic (exact) mass is 167 g/mol. The van der Waals surface area contributed by atoms with Crippen LogP contribution in [0, 0.1) is 11.8 Å². The van der Waals surface area contributed by atoms with E-state index < -0.39 is 0 Å². The Morgan fingerprint density at radius 2 is 2.17 bits per heavy atom. The van der Waals surface area contributed by atoms with Crippen molar-refractivity contribution in [1.82, 2.24) is 4.90 Å². The lowest BCUT2D eigenvalue weighted by Crippen LogP contribution is -2.53. The van der Waals surface area contributed by atoms with Crippen LogP contribution < -0.4 is 0 Å². The van der Waals surface area contributed by atoms with Crippen LogP contribution in [0.1, 0.15) is 33.1 Å². The van der Waals surface area contributed by atoms with Gasteiger partial charge in [0.15, 0.2) is 0 Å². The highest BCUT2D eigenvalue weighted by atomic mass is 16.2. The molecule has 0 aromatic carbocycles. The van der Waals surface area contributed by atoms with Crippen LogP contribution in [-0.2, 0) is 4.79 Å². The first-order valence-electron chi connectivity index (χ1n) is 4.95. The molecule has 3 fully saturated rings. The van der Waals surface area contributed by atoms with Crippen molar-refractivity contribution >= 4 is 5.91 Å². The van der Waals surface area contributed by atoms with E-state index in [-0.39, 0.29) is 5.91 Å². The third-order valence-electron chi connectivity index (χ3n) is 3.60. The Morgan fingerprint density at radius 1 is 1.42 bits per heavy atom. The number of carbonyl (C=O) groups excluding carboxylic acids is 1. The highest BCUT2D eigenvalue weighted by molar-refractivity contribution is 5.73. The average Bonchev–Trinajstić information content (AvgIpc) is 2.04. The van der Waals surface area contributed by atoms with Gasteiger partial charge < -0.3 is 4.90 Å². The molecular formula is C10H17NO. The zero-order valence-electron chi connectivity index (χ0n) is 7.92. The summed E-state index contributed by atoms with van der Waals surface area (Å²) in [5, 5.41) is 0. The second-order valence-electron chi connectivity index (χ2n) is 4.38. The predicted molar refractivity (Wildman–Crippen MR) is 47.7 cm³/mol. The quantitative estimate of drug-likeness (QED) is 0.537. The molecule has 1 saturated carbocycles. The summed E-state index contributed by atoms with van der Waals surface area (Å²) in [6.07, 6.45) is 3.83. The van der Waals surface area contributed by atoms with Gasteiger partial charge in [-0.05, 0) is 31.1 Å². The van der Waals surface area contributed by atoms with E-state index in [1.165, 1.54) is 19.3 Å². The first kappa shape index (κ1) is 8.09. The van der Waals surface area contributed by atoms with E-state index in [1.807, 2.05) is 0 Å². The zero-order valence-corrected chi connectivity index (χ0v) is 7.92. The van der Waals surface area contributed by atoms with Crippen molar-refractivity contribution in [2.24, 2.45) is 11.8 Å². The molecule has 68 valence electrons. The molecule has 0 aromatic heterocycles. The molecule has 2 saturated heterocycles. The molecule has 3 atom stereocenters. The third kappa shape index (κ3) is 1.13. The Morgan fingerprint density at radius 3 is 2.58 bits per heavy atom. The molecule has 1 amide bonds. The molecule has 2 heteroatoms. The number of fused-ring (bicyclic) bond motifs is 3. The van der Waals surface area contributed by atoms with Gasteiger partial charge in [-0.2, -0.15) is 0 Å². The lowest BCUT2D eigenvalue weighted by molar-refractivity contribution is -0.138. The summed E-state index contributed by atoms with van der Waals surface area (Å²) in [7, 11) is 0. The van der Waals surface area contributed by atoms with E-state index >= 15 is 0 Å². The van der Waals surface area contributed by atoms with Gasteiger partial charge in [-0.1, -0.05) is 6.92 Å². The first-order valence-corrected chi connectivity index (χ1v) is 4.95. The fourth-order valence-corrected chi connectivity index (χ4v) is 2.77. The number of amides is 1. The fourth-order valence-electron chi connectivity index (χ4n) is 2.77. The van der Waals surface area contributed by atoms with E-state index in [9.17, 15) is 4.79 Å². The minimum Gasteiger partial charge on any atom is -0.340 e. The van der Waals surface area contributed by atoms with Crippen LogP contribution in [0.5, 0.6) is 0 Å². The molecule has 0 radical (unpaired) electrons. The summed E-state index contributed by atoms with van der Waals surface area (Å²) in [5.74, 6) is 1.91. The van der Waals surface area contributed by atoms with Crippen LogP contribution in [0.25, 0.3) is 0 Å². The highest BCUT2D eigenvalue weighted by Crippen LogP contribution is 2.38. The molecule has 2 nitrogen and oxygen atoms in total. The number of hydrogen-bond donors (Lipinski definition) is 0. The molecule has 0 N–H and O–H groups in total. The van der Waals surface area contributed by atoms with Gasteiger partial charge in [0.1, 0.15) is 0 Å². The summed E-state index contributed by atoms with van der Waals surface area (Å²) in [4.78, 5) is 13.3. The van der Waals surface area contributed by atoms with E-state index in [0.29, 0.717) is 6.04 Å². The van der Waals surface area contributed by atoms with E-state index in [2.05, 4.69) is 11.8 Å². The second-order valence-corrected chi connectivity index (χ2v) is 4.38. The van der Waals surface area contributed by atoms with Gasteiger partial charge in [-0.25, -0.2) is 0 Å². The lowest BCUT2D eigenvalue weighted by atomic mass is 9.73. The number of rotatable bonds is 0. The Balaban J connectivity index is 2.10. The van der Waals surface area contributed by atoms with Crippen LogP contribution in [0.2, 0.25) is 0 Å². The standard InChI is InChI=1S/C10H17NO/c1-7-5-10-4-3-9(7)6-11(10)8(2)12/h7,9-10H,3-6H2,1-2H3/t7?,9-,10-/m1/s1.